The van der Waals surface area contributed by atoms with Crippen LogP contribution in [0.2, 0.25) is 0 Å². The Hall–Kier alpha value is -1.75. The zero-order valence-electron chi connectivity index (χ0n) is 13.1. The summed E-state index contributed by atoms with van der Waals surface area (Å²) in [7, 11) is 1.86. The first kappa shape index (κ1) is 15.6. The smallest absolute Gasteiger partial charge is 0.227 e. The summed E-state index contributed by atoms with van der Waals surface area (Å²) >= 11 is 1.71. The van der Waals surface area contributed by atoms with E-state index in [1.54, 1.807) is 11.8 Å². The van der Waals surface area contributed by atoms with Gasteiger partial charge in [0.2, 0.25) is 5.88 Å². The van der Waals surface area contributed by atoms with Crippen LogP contribution in [0.25, 0.3) is 0 Å². The van der Waals surface area contributed by atoms with Crippen molar-refractivity contribution < 1.29 is 4.74 Å². The zero-order chi connectivity index (χ0) is 15.4. The van der Waals surface area contributed by atoms with Crippen LogP contribution in [0, 0.1) is 6.92 Å². The molecule has 0 saturated carbocycles. The molecule has 0 unspecified atom stereocenters. The molecule has 0 bridgehead atoms. The molecule has 0 amide bonds. The Bertz CT molecular complexity index is 612. The van der Waals surface area contributed by atoms with Gasteiger partial charge in [-0.15, -0.1) is 11.8 Å². The van der Waals surface area contributed by atoms with Gasteiger partial charge in [-0.1, -0.05) is 13.8 Å². The molecule has 0 fully saturated rings. The van der Waals surface area contributed by atoms with E-state index in [1.807, 2.05) is 38.2 Å². The summed E-state index contributed by atoms with van der Waals surface area (Å²) in [5.41, 5.74) is 0.913. The highest BCUT2D eigenvalue weighted by Gasteiger charge is 2.14. The van der Waals surface area contributed by atoms with E-state index in [0.717, 1.165) is 23.0 Å². The maximum atomic E-state index is 5.94. The average Bonchev–Trinajstić information content (AvgIpc) is 2.49. The van der Waals surface area contributed by atoms with Gasteiger partial charge in [0.25, 0.3) is 0 Å². The third-order valence-corrected chi connectivity index (χ3v) is 3.89. The summed E-state index contributed by atoms with van der Waals surface area (Å²) in [5.74, 6) is 3.23. The van der Waals surface area contributed by atoms with Gasteiger partial charge >= 0.3 is 0 Å². The predicted molar refractivity (Wildman–Crippen MR) is 88.7 cm³/mol. The molecule has 2 aromatic rings. The summed E-state index contributed by atoms with van der Waals surface area (Å²) in [6.07, 6.45) is 2.05. The van der Waals surface area contributed by atoms with Crippen molar-refractivity contribution in [2.45, 2.75) is 31.6 Å². The monoisotopic (exact) mass is 303 g/mol. The van der Waals surface area contributed by atoms with Gasteiger partial charge < -0.3 is 10.1 Å². The quantitative estimate of drug-likeness (QED) is 0.826. The van der Waals surface area contributed by atoms with Crippen LogP contribution in [-0.2, 0) is 0 Å². The van der Waals surface area contributed by atoms with Crippen molar-refractivity contribution in [3.63, 3.8) is 0 Å². The maximum Gasteiger partial charge on any atom is 0.227 e. The van der Waals surface area contributed by atoms with Crippen LogP contribution in [-0.4, -0.2) is 23.3 Å². The first-order chi connectivity index (χ1) is 10.0. The highest BCUT2D eigenvalue weighted by atomic mass is 32.2. The fourth-order valence-electron chi connectivity index (χ4n) is 1.87. The molecular weight excluding hydrogens is 282 g/mol. The lowest BCUT2D eigenvalue weighted by Crippen LogP contribution is -2.06. The fourth-order valence-corrected chi connectivity index (χ4v) is 2.28. The number of ether oxygens (including phenoxy) is 1. The minimum absolute atomic E-state index is 0.249. The zero-order valence-corrected chi connectivity index (χ0v) is 13.9. The predicted octanol–water partition coefficient (Wildman–Crippen LogP) is 4.46. The van der Waals surface area contributed by atoms with E-state index in [9.17, 15) is 0 Å². The molecule has 1 heterocycles. The van der Waals surface area contributed by atoms with Crippen molar-refractivity contribution in [2.75, 3.05) is 18.6 Å². The van der Waals surface area contributed by atoms with Crippen molar-refractivity contribution in [1.82, 2.24) is 9.97 Å². The molecule has 0 aliphatic heterocycles. The van der Waals surface area contributed by atoms with Crippen LogP contribution in [0.3, 0.4) is 0 Å². The standard InChI is InChI=1S/C16H21N3OS/c1-10(2)14-18-15(17-4)11(3)16(19-14)20-12-6-8-13(21-5)9-7-12/h6-10H,1-5H3,(H,17,18,19). The van der Waals surface area contributed by atoms with Crippen LogP contribution < -0.4 is 10.1 Å². The van der Waals surface area contributed by atoms with Gasteiger partial charge in [0.05, 0.1) is 5.56 Å². The molecule has 2 rings (SSSR count). The van der Waals surface area contributed by atoms with Crippen LogP contribution in [0.5, 0.6) is 11.6 Å². The van der Waals surface area contributed by atoms with Gasteiger partial charge in [0, 0.05) is 17.9 Å². The molecule has 0 radical (unpaired) electrons. The lowest BCUT2D eigenvalue weighted by molar-refractivity contribution is 0.453. The largest absolute Gasteiger partial charge is 0.439 e. The molecule has 0 aliphatic carbocycles. The van der Waals surface area contributed by atoms with Crippen LogP contribution in [0.15, 0.2) is 29.2 Å². The molecule has 0 atom stereocenters. The number of benzene rings is 1. The van der Waals surface area contributed by atoms with E-state index in [2.05, 4.69) is 35.4 Å². The average molecular weight is 303 g/mol. The molecule has 0 spiro atoms. The van der Waals surface area contributed by atoms with E-state index in [1.165, 1.54) is 4.90 Å². The van der Waals surface area contributed by atoms with Gasteiger partial charge in [0.1, 0.15) is 17.4 Å². The van der Waals surface area contributed by atoms with Gasteiger partial charge in [-0.05, 0) is 37.4 Å². The minimum atomic E-state index is 0.249. The number of aromatic nitrogens is 2. The van der Waals surface area contributed by atoms with Gasteiger partial charge in [-0.3, -0.25) is 0 Å². The molecule has 4 nitrogen and oxygen atoms in total. The molecule has 1 N–H and O–H groups in total. The summed E-state index contributed by atoms with van der Waals surface area (Å²) in [5, 5.41) is 3.10. The van der Waals surface area contributed by atoms with Gasteiger partial charge in [0.15, 0.2) is 0 Å². The second-order valence-electron chi connectivity index (χ2n) is 5.04. The molecule has 0 saturated heterocycles. The lowest BCUT2D eigenvalue weighted by atomic mass is 10.2. The van der Waals surface area contributed by atoms with Crippen molar-refractivity contribution in [2.24, 2.45) is 0 Å². The Morgan fingerprint density at radius 3 is 2.33 bits per heavy atom. The fraction of sp³-hybridized carbons (Fsp3) is 0.375. The van der Waals surface area contributed by atoms with E-state index in [4.69, 9.17) is 4.74 Å². The summed E-state index contributed by atoms with van der Waals surface area (Å²) < 4.78 is 5.94. The number of nitrogens with one attached hydrogen (secondary N) is 1. The third kappa shape index (κ3) is 3.67. The van der Waals surface area contributed by atoms with Gasteiger partial charge in [-0.2, -0.15) is 4.98 Å². The minimum Gasteiger partial charge on any atom is -0.439 e. The lowest BCUT2D eigenvalue weighted by Gasteiger charge is -2.14. The van der Waals surface area contributed by atoms with E-state index < -0.39 is 0 Å². The number of nitrogens with zero attached hydrogens (tertiary/aromatic N) is 2. The molecule has 0 aliphatic rings. The molecular formula is C16H21N3OS. The molecule has 1 aromatic heterocycles. The Balaban J connectivity index is 2.35. The van der Waals surface area contributed by atoms with E-state index >= 15 is 0 Å². The van der Waals surface area contributed by atoms with E-state index in [0.29, 0.717) is 5.88 Å². The number of hydrogen-bond acceptors (Lipinski definition) is 5. The molecule has 1 aromatic carbocycles. The normalized spacial score (nSPS) is 10.8. The molecule has 112 valence electrons. The number of anilines is 1. The SMILES string of the molecule is CNc1nc(C(C)C)nc(Oc2ccc(SC)cc2)c1C. The first-order valence-corrected chi connectivity index (χ1v) is 8.15. The van der Waals surface area contributed by atoms with Crippen LogP contribution in [0.4, 0.5) is 5.82 Å². The van der Waals surface area contributed by atoms with E-state index in [-0.39, 0.29) is 5.92 Å². The number of hydrogen-bond donors (Lipinski definition) is 1. The highest BCUT2D eigenvalue weighted by molar-refractivity contribution is 7.98. The summed E-state index contributed by atoms with van der Waals surface area (Å²) in [6, 6.07) is 8.00. The van der Waals surface area contributed by atoms with Gasteiger partial charge in [-0.25, -0.2) is 4.98 Å². The van der Waals surface area contributed by atoms with Crippen molar-refractivity contribution >= 4 is 17.6 Å². The Morgan fingerprint density at radius 2 is 1.81 bits per heavy atom. The van der Waals surface area contributed by atoms with Crippen molar-refractivity contribution in [1.29, 1.82) is 0 Å². The summed E-state index contributed by atoms with van der Waals surface area (Å²) in [4.78, 5) is 10.3. The second-order valence-corrected chi connectivity index (χ2v) is 5.92. The Kier molecular flexibility index (Phi) is 5.07. The first-order valence-electron chi connectivity index (χ1n) is 6.93. The second kappa shape index (κ2) is 6.80. The maximum absolute atomic E-state index is 5.94. The number of rotatable bonds is 5. The molecule has 5 heteroatoms. The third-order valence-electron chi connectivity index (χ3n) is 3.15. The van der Waals surface area contributed by atoms with Crippen molar-refractivity contribution in [3.8, 4) is 11.6 Å². The highest BCUT2D eigenvalue weighted by Crippen LogP contribution is 2.29. The summed E-state index contributed by atoms with van der Waals surface area (Å²) in [6.45, 7) is 6.10. The number of thioether (sulfide) groups is 1. The van der Waals surface area contributed by atoms with Crippen LogP contribution in [0.1, 0.15) is 31.2 Å². The topological polar surface area (TPSA) is 47.0 Å². The van der Waals surface area contributed by atoms with Crippen molar-refractivity contribution in [3.05, 3.63) is 35.7 Å². The Morgan fingerprint density at radius 1 is 1.14 bits per heavy atom. The molecule has 21 heavy (non-hydrogen) atoms. The Labute approximate surface area is 130 Å². The van der Waals surface area contributed by atoms with Crippen LogP contribution >= 0.6 is 11.8 Å².